The van der Waals surface area contributed by atoms with E-state index in [9.17, 15) is 13.6 Å². The zero-order valence-corrected chi connectivity index (χ0v) is 7.81. The molecule has 0 unspecified atom stereocenters. The lowest BCUT2D eigenvalue weighted by atomic mass is 9.64. The third-order valence-corrected chi connectivity index (χ3v) is 2.80. The summed E-state index contributed by atoms with van der Waals surface area (Å²) in [6.07, 6.45) is -0.353. The molecule has 0 atom stereocenters. The molecule has 0 aromatic rings. The highest BCUT2D eigenvalue weighted by molar-refractivity contribution is 5.67. The van der Waals surface area contributed by atoms with Crippen molar-refractivity contribution in [3.8, 4) is 0 Å². The smallest absolute Gasteiger partial charge is 0.303 e. The molecule has 4 heteroatoms. The summed E-state index contributed by atoms with van der Waals surface area (Å²) < 4.78 is 25.0. The first kappa shape index (κ1) is 10.4. The van der Waals surface area contributed by atoms with Gasteiger partial charge >= 0.3 is 5.97 Å². The van der Waals surface area contributed by atoms with Crippen LogP contribution in [0.4, 0.5) is 8.78 Å². The minimum absolute atomic E-state index is 0.0340. The molecule has 13 heavy (non-hydrogen) atoms. The summed E-state index contributed by atoms with van der Waals surface area (Å²) in [5, 5.41) is 8.56. The lowest BCUT2D eigenvalue weighted by Crippen LogP contribution is -2.44. The summed E-state index contributed by atoms with van der Waals surface area (Å²) in [6.45, 7) is 3.47. The van der Waals surface area contributed by atoms with Crippen LogP contribution >= 0.6 is 0 Å². The second kappa shape index (κ2) is 2.93. The van der Waals surface area contributed by atoms with Crippen LogP contribution in [-0.2, 0) is 4.79 Å². The fraction of sp³-hybridized carbons (Fsp3) is 0.889. The second-order valence-corrected chi connectivity index (χ2v) is 4.52. The molecular formula is C9H14F2O2. The Kier molecular flexibility index (Phi) is 2.34. The number of halogens is 2. The van der Waals surface area contributed by atoms with E-state index in [1.807, 2.05) is 0 Å². The third-order valence-electron chi connectivity index (χ3n) is 2.80. The van der Waals surface area contributed by atoms with Gasteiger partial charge in [-0.3, -0.25) is 4.79 Å². The monoisotopic (exact) mass is 192 g/mol. The van der Waals surface area contributed by atoms with Gasteiger partial charge in [0.05, 0.1) is 6.42 Å². The van der Waals surface area contributed by atoms with Gasteiger partial charge in [-0.2, -0.15) is 0 Å². The molecule has 0 spiro atoms. The fourth-order valence-electron chi connectivity index (χ4n) is 1.75. The Morgan fingerprint density at radius 1 is 1.54 bits per heavy atom. The summed E-state index contributed by atoms with van der Waals surface area (Å²) in [5.41, 5.74) is -0.506. The second-order valence-electron chi connectivity index (χ2n) is 4.52. The molecule has 1 fully saturated rings. The number of carboxylic acids is 1. The summed E-state index contributed by atoms with van der Waals surface area (Å²) >= 11 is 0. The van der Waals surface area contributed by atoms with Crippen molar-refractivity contribution in [1.29, 1.82) is 0 Å². The molecular weight excluding hydrogens is 178 g/mol. The van der Waals surface area contributed by atoms with Crippen LogP contribution in [0, 0.1) is 11.3 Å². The third kappa shape index (κ3) is 2.39. The molecule has 0 saturated heterocycles. The van der Waals surface area contributed by atoms with Crippen molar-refractivity contribution in [2.75, 3.05) is 0 Å². The molecule has 0 radical (unpaired) electrons. The van der Waals surface area contributed by atoms with Crippen molar-refractivity contribution in [3.63, 3.8) is 0 Å². The number of hydrogen-bond donors (Lipinski definition) is 1. The predicted molar refractivity (Wildman–Crippen MR) is 43.7 cm³/mol. The SMILES string of the molecule is CC(C)(CC(=O)O)C1CC(F)(F)C1. The van der Waals surface area contributed by atoms with Crippen LogP contribution in [0.15, 0.2) is 0 Å². The lowest BCUT2D eigenvalue weighted by Gasteiger charge is -2.44. The van der Waals surface area contributed by atoms with Crippen LogP contribution < -0.4 is 0 Å². The average Bonchev–Trinajstić information content (AvgIpc) is 1.79. The van der Waals surface area contributed by atoms with Crippen LogP contribution in [-0.4, -0.2) is 17.0 Å². The Hall–Kier alpha value is -0.670. The number of alkyl halides is 2. The summed E-state index contributed by atoms with van der Waals surface area (Å²) in [4.78, 5) is 10.4. The molecule has 1 saturated carbocycles. The van der Waals surface area contributed by atoms with Gasteiger partial charge in [-0.25, -0.2) is 8.78 Å². The van der Waals surface area contributed by atoms with Gasteiger partial charge in [0.25, 0.3) is 0 Å². The summed E-state index contributed by atoms with van der Waals surface area (Å²) in [5.74, 6) is -3.63. The first-order valence-electron chi connectivity index (χ1n) is 4.33. The Morgan fingerprint density at radius 2 is 2.00 bits per heavy atom. The summed E-state index contributed by atoms with van der Waals surface area (Å²) in [6, 6.07) is 0. The lowest BCUT2D eigenvalue weighted by molar-refractivity contribution is -0.156. The van der Waals surface area contributed by atoms with Crippen molar-refractivity contribution >= 4 is 5.97 Å². The molecule has 0 aromatic heterocycles. The normalized spacial score (nSPS) is 22.5. The van der Waals surface area contributed by atoms with Crippen molar-refractivity contribution in [3.05, 3.63) is 0 Å². The highest BCUT2D eigenvalue weighted by atomic mass is 19.3. The largest absolute Gasteiger partial charge is 0.481 e. The van der Waals surface area contributed by atoms with E-state index >= 15 is 0 Å². The maximum absolute atomic E-state index is 12.5. The highest BCUT2D eigenvalue weighted by Gasteiger charge is 2.51. The highest BCUT2D eigenvalue weighted by Crippen LogP contribution is 2.51. The van der Waals surface area contributed by atoms with Crippen molar-refractivity contribution < 1.29 is 18.7 Å². The minimum Gasteiger partial charge on any atom is -0.481 e. The van der Waals surface area contributed by atoms with E-state index in [1.165, 1.54) is 0 Å². The first-order valence-corrected chi connectivity index (χ1v) is 4.33. The molecule has 1 N–H and O–H groups in total. The molecule has 76 valence electrons. The number of hydrogen-bond acceptors (Lipinski definition) is 1. The topological polar surface area (TPSA) is 37.3 Å². The van der Waals surface area contributed by atoms with E-state index in [0.29, 0.717) is 0 Å². The average molecular weight is 192 g/mol. The quantitative estimate of drug-likeness (QED) is 0.746. The maximum Gasteiger partial charge on any atom is 0.303 e. The van der Waals surface area contributed by atoms with E-state index in [2.05, 4.69) is 0 Å². The van der Waals surface area contributed by atoms with Gasteiger partial charge < -0.3 is 5.11 Å². The van der Waals surface area contributed by atoms with Gasteiger partial charge in [-0.15, -0.1) is 0 Å². The van der Waals surface area contributed by atoms with Crippen LogP contribution in [0.3, 0.4) is 0 Å². The van der Waals surface area contributed by atoms with E-state index < -0.39 is 17.3 Å². The van der Waals surface area contributed by atoms with Gasteiger partial charge in [0, 0.05) is 12.8 Å². The number of carboxylic acid groups (broad SMARTS) is 1. The van der Waals surface area contributed by atoms with Gasteiger partial charge in [-0.1, -0.05) is 13.8 Å². The van der Waals surface area contributed by atoms with Crippen LogP contribution in [0.25, 0.3) is 0 Å². The molecule has 0 aliphatic heterocycles. The number of carbonyl (C=O) groups is 1. The molecule has 0 bridgehead atoms. The van der Waals surface area contributed by atoms with E-state index in [4.69, 9.17) is 5.11 Å². The van der Waals surface area contributed by atoms with Crippen molar-refractivity contribution in [1.82, 2.24) is 0 Å². The Bertz CT molecular complexity index is 216. The van der Waals surface area contributed by atoms with Gasteiger partial charge in [-0.05, 0) is 11.3 Å². The van der Waals surface area contributed by atoms with Gasteiger partial charge in [0.2, 0.25) is 5.92 Å². The van der Waals surface area contributed by atoms with Crippen LogP contribution in [0.1, 0.15) is 33.1 Å². The molecule has 1 aliphatic rings. The fourth-order valence-corrected chi connectivity index (χ4v) is 1.75. The summed E-state index contributed by atoms with van der Waals surface area (Å²) in [7, 11) is 0. The molecule has 2 nitrogen and oxygen atoms in total. The van der Waals surface area contributed by atoms with Crippen molar-refractivity contribution in [2.45, 2.75) is 39.0 Å². The van der Waals surface area contributed by atoms with Gasteiger partial charge in [0.15, 0.2) is 0 Å². The standard InChI is InChI=1S/C9H14F2O2/c1-8(2,5-7(12)13)6-3-9(10,11)4-6/h6H,3-5H2,1-2H3,(H,12,13). The van der Waals surface area contributed by atoms with Crippen molar-refractivity contribution in [2.24, 2.45) is 11.3 Å². The first-order chi connectivity index (χ1) is 5.73. The number of aliphatic carboxylic acids is 1. The van der Waals surface area contributed by atoms with Crippen LogP contribution in [0.2, 0.25) is 0 Å². The zero-order valence-electron chi connectivity index (χ0n) is 7.81. The van der Waals surface area contributed by atoms with Crippen LogP contribution in [0.5, 0.6) is 0 Å². The molecule has 1 aliphatic carbocycles. The Morgan fingerprint density at radius 3 is 2.31 bits per heavy atom. The molecule has 1 rings (SSSR count). The van der Waals surface area contributed by atoms with E-state index in [0.717, 1.165) is 0 Å². The predicted octanol–water partition coefficient (Wildman–Crippen LogP) is 2.53. The Labute approximate surface area is 75.9 Å². The number of rotatable bonds is 3. The van der Waals surface area contributed by atoms with E-state index in [-0.39, 0.29) is 25.2 Å². The van der Waals surface area contributed by atoms with Gasteiger partial charge in [0.1, 0.15) is 0 Å². The Balaban J connectivity index is 2.48. The molecule has 0 aromatic carbocycles. The van der Waals surface area contributed by atoms with E-state index in [1.54, 1.807) is 13.8 Å². The molecule has 0 heterocycles. The minimum atomic E-state index is -2.56. The maximum atomic E-state index is 12.5. The molecule has 0 amide bonds. The zero-order chi connectivity index (χ0) is 10.3.